The van der Waals surface area contributed by atoms with Crippen LogP contribution in [0.15, 0.2) is 59.7 Å². The van der Waals surface area contributed by atoms with Crippen LogP contribution in [0, 0.1) is 0 Å². The number of hydrogen-bond donors (Lipinski definition) is 1. The van der Waals surface area contributed by atoms with Crippen LogP contribution in [0.4, 0.5) is 0 Å². The summed E-state index contributed by atoms with van der Waals surface area (Å²) in [7, 11) is 0. The van der Waals surface area contributed by atoms with Gasteiger partial charge in [0.1, 0.15) is 0 Å². The lowest BCUT2D eigenvalue weighted by Gasteiger charge is -2.05. The van der Waals surface area contributed by atoms with Crippen molar-refractivity contribution in [3.63, 3.8) is 0 Å². The average Bonchev–Trinajstić information content (AvgIpc) is 2.50. The quantitative estimate of drug-likeness (QED) is 0.662. The van der Waals surface area contributed by atoms with Crippen LogP contribution in [0.1, 0.15) is 24.5 Å². The summed E-state index contributed by atoms with van der Waals surface area (Å²) in [6, 6.07) is 17.0. The lowest BCUT2D eigenvalue weighted by atomic mass is 10.1. The minimum Gasteiger partial charge on any atom is -0.273 e. The van der Waals surface area contributed by atoms with Gasteiger partial charge in [-0.2, -0.15) is 5.10 Å². The highest BCUT2D eigenvalue weighted by molar-refractivity contribution is 6.30. The molecule has 0 aliphatic heterocycles. The van der Waals surface area contributed by atoms with Crippen molar-refractivity contribution in [2.24, 2.45) is 5.10 Å². The molecule has 1 amide bonds. The Morgan fingerprint density at radius 2 is 1.76 bits per heavy atom. The summed E-state index contributed by atoms with van der Waals surface area (Å²) in [6.45, 7) is 2.00. The van der Waals surface area contributed by atoms with E-state index in [1.54, 1.807) is 0 Å². The molecule has 0 aliphatic carbocycles. The number of halogens is 1. The zero-order chi connectivity index (χ0) is 15.1. The number of rotatable bonds is 5. The highest BCUT2D eigenvalue weighted by Crippen LogP contribution is 2.11. The third kappa shape index (κ3) is 4.72. The predicted molar refractivity (Wildman–Crippen MR) is 86.6 cm³/mol. The van der Waals surface area contributed by atoms with Crippen LogP contribution in [-0.2, 0) is 11.2 Å². The standard InChI is InChI=1S/C17H17ClN2O/c1-2-16(14-8-10-15(18)11-9-14)19-20-17(21)12-13-6-4-3-5-7-13/h3-11H,2,12H2,1H3,(H,20,21). The van der Waals surface area contributed by atoms with Crippen molar-refractivity contribution >= 4 is 23.2 Å². The molecule has 0 heterocycles. The molecule has 0 fully saturated rings. The first-order valence-electron chi connectivity index (χ1n) is 6.84. The number of carbonyl (C=O) groups is 1. The summed E-state index contributed by atoms with van der Waals surface area (Å²) < 4.78 is 0. The topological polar surface area (TPSA) is 41.5 Å². The SMILES string of the molecule is CCC(=NNC(=O)Cc1ccccc1)c1ccc(Cl)cc1. The molecule has 0 atom stereocenters. The number of nitrogens with one attached hydrogen (secondary N) is 1. The van der Waals surface area contributed by atoms with Crippen LogP contribution in [-0.4, -0.2) is 11.6 Å². The normalized spacial score (nSPS) is 11.2. The van der Waals surface area contributed by atoms with Gasteiger partial charge < -0.3 is 0 Å². The van der Waals surface area contributed by atoms with E-state index in [1.165, 1.54) is 0 Å². The molecule has 0 bridgehead atoms. The minimum absolute atomic E-state index is 0.124. The Balaban J connectivity index is 2.00. The lowest BCUT2D eigenvalue weighted by Crippen LogP contribution is -2.21. The van der Waals surface area contributed by atoms with E-state index in [2.05, 4.69) is 10.5 Å². The van der Waals surface area contributed by atoms with Crippen LogP contribution in [0.5, 0.6) is 0 Å². The molecule has 0 saturated carbocycles. The van der Waals surface area contributed by atoms with Crippen LogP contribution < -0.4 is 5.43 Å². The third-order valence-corrected chi connectivity index (χ3v) is 3.29. The molecule has 0 aromatic heterocycles. The number of amides is 1. The molecule has 1 N–H and O–H groups in total. The van der Waals surface area contributed by atoms with Crippen molar-refractivity contribution in [3.05, 3.63) is 70.7 Å². The fraction of sp³-hybridized carbons (Fsp3) is 0.176. The van der Waals surface area contributed by atoms with E-state index in [0.717, 1.165) is 23.3 Å². The highest BCUT2D eigenvalue weighted by Gasteiger charge is 2.04. The number of nitrogens with zero attached hydrogens (tertiary/aromatic N) is 1. The molecule has 0 unspecified atom stereocenters. The van der Waals surface area contributed by atoms with E-state index >= 15 is 0 Å². The van der Waals surface area contributed by atoms with E-state index < -0.39 is 0 Å². The Morgan fingerprint density at radius 3 is 2.38 bits per heavy atom. The molecule has 2 aromatic rings. The molecule has 2 aromatic carbocycles. The summed E-state index contributed by atoms with van der Waals surface area (Å²) in [4.78, 5) is 11.9. The monoisotopic (exact) mass is 300 g/mol. The van der Waals surface area contributed by atoms with E-state index in [1.807, 2.05) is 61.5 Å². The smallest absolute Gasteiger partial charge is 0.244 e. The van der Waals surface area contributed by atoms with Gasteiger partial charge >= 0.3 is 0 Å². The number of carbonyl (C=O) groups excluding carboxylic acids is 1. The zero-order valence-electron chi connectivity index (χ0n) is 11.8. The number of benzene rings is 2. The second-order valence-corrected chi connectivity index (χ2v) is 5.05. The summed E-state index contributed by atoms with van der Waals surface area (Å²) in [5.41, 5.74) is 5.37. The highest BCUT2D eigenvalue weighted by atomic mass is 35.5. The molecule has 0 saturated heterocycles. The van der Waals surface area contributed by atoms with Gasteiger partial charge in [0.25, 0.3) is 0 Å². The molecule has 4 heteroatoms. The second-order valence-electron chi connectivity index (χ2n) is 4.62. The predicted octanol–water partition coefficient (Wildman–Crippen LogP) is 3.81. The van der Waals surface area contributed by atoms with Gasteiger partial charge in [-0.3, -0.25) is 4.79 Å². The average molecular weight is 301 g/mol. The molecular formula is C17H17ClN2O. The molecule has 0 spiro atoms. The van der Waals surface area contributed by atoms with Gasteiger partial charge in [0.15, 0.2) is 0 Å². The van der Waals surface area contributed by atoms with Gasteiger partial charge in [-0.05, 0) is 29.7 Å². The van der Waals surface area contributed by atoms with E-state index in [0.29, 0.717) is 11.4 Å². The molecular weight excluding hydrogens is 284 g/mol. The van der Waals surface area contributed by atoms with Crippen molar-refractivity contribution in [2.75, 3.05) is 0 Å². The largest absolute Gasteiger partial charge is 0.273 e. The van der Waals surface area contributed by atoms with Gasteiger partial charge in [-0.25, -0.2) is 5.43 Å². The summed E-state index contributed by atoms with van der Waals surface area (Å²) in [5.74, 6) is -0.124. The van der Waals surface area contributed by atoms with Crippen LogP contribution in [0.25, 0.3) is 0 Å². The maximum Gasteiger partial charge on any atom is 0.244 e. The minimum atomic E-state index is -0.124. The van der Waals surface area contributed by atoms with Gasteiger partial charge in [-0.1, -0.05) is 61.0 Å². The molecule has 3 nitrogen and oxygen atoms in total. The van der Waals surface area contributed by atoms with Crippen molar-refractivity contribution in [3.8, 4) is 0 Å². The Bertz CT molecular complexity index is 621. The molecule has 21 heavy (non-hydrogen) atoms. The first kappa shape index (κ1) is 15.3. The van der Waals surface area contributed by atoms with Crippen LogP contribution in [0.3, 0.4) is 0 Å². The first-order valence-corrected chi connectivity index (χ1v) is 7.22. The third-order valence-electron chi connectivity index (χ3n) is 3.04. The van der Waals surface area contributed by atoms with Gasteiger partial charge in [-0.15, -0.1) is 0 Å². The number of hydrazone groups is 1. The van der Waals surface area contributed by atoms with Crippen LogP contribution in [0.2, 0.25) is 5.02 Å². The van der Waals surface area contributed by atoms with Crippen LogP contribution >= 0.6 is 11.6 Å². The Kier molecular flexibility index (Phi) is 5.52. The lowest BCUT2D eigenvalue weighted by molar-refractivity contribution is -0.120. The van der Waals surface area contributed by atoms with Crippen molar-refractivity contribution < 1.29 is 4.79 Å². The van der Waals surface area contributed by atoms with Gasteiger partial charge in [0, 0.05) is 5.02 Å². The summed E-state index contributed by atoms with van der Waals surface area (Å²) >= 11 is 5.87. The van der Waals surface area contributed by atoms with E-state index in [9.17, 15) is 4.79 Å². The molecule has 0 aliphatic rings. The summed E-state index contributed by atoms with van der Waals surface area (Å²) in [6.07, 6.45) is 1.05. The zero-order valence-corrected chi connectivity index (χ0v) is 12.6. The Labute approximate surface area is 129 Å². The number of hydrogen-bond acceptors (Lipinski definition) is 2. The Hall–Kier alpha value is -2.13. The second kappa shape index (κ2) is 7.60. The first-order chi connectivity index (χ1) is 10.2. The molecule has 2 rings (SSSR count). The molecule has 0 radical (unpaired) electrons. The van der Waals surface area contributed by atoms with E-state index in [-0.39, 0.29) is 5.91 Å². The van der Waals surface area contributed by atoms with E-state index in [4.69, 9.17) is 11.6 Å². The van der Waals surface area contributed by atoms with Crippen molar-refractivity contribution in [1.29, 1.82) is 0 Å². The summed E-state index contributed by atoms with van der Waals surface area (Å²) in [5, 5.41) is 4.89. The van der Waals surface area contributed by atoms with Gasteiger partial charge in [0.2, 0.25) is 5.91 Å². The maximum absolute atomic E-state index is 11.9. The van der Waals surface area contributed by atoms with Crippen molar-refractivity contribution in [2.45, 2.75) is 19.8 Å². The fourth-order valence-corrected chi connectivity index (χ4v) is 2.07. The Morgan fingerprint density at radius 1 is 1.10 bits per heavy atom. The fourth-order valence-electron chi connectivity index (χ4n) is 1.94. The molecule has 108 valence electrons. The van der Waals surface area contributed by atoms with Gasteiger partial charge in [0.05, 0.1) is 12.1 Å². The van der Waals surface area contributed by atoms with Crippen molar-refractivity contribution in [1.82, 2.24) is 5.43 Å². The maximum atomic E-state index is 11.9.